The Morgan fingerprint density at radius 2 is 1.55 bits per heavy atom. The van der Waals surface area contributed by atoms with Crippen LogP contribution >= 0.6 is 0 Å². The number of esters is 2. The summed E-state index contributed by atoms with van der Waals surface area (Å²) in [5, 5.41) is 0. The summed E-state index contributed by atoms with van der Waals surface area (Å²) in [5.74, 6) is -0.184. The SMILES string of the molecule is CCCCC(CC)C(=O)OCCCCOC(=O)CCC. The van der Waals surface area contributed by atoms with Gasteiger partial charge in [-0.3, -0.25) is 9.59 Å². The molecule has 0 aliphatic carbocycles. The summed E-state index contributed by atoms with van der Waals surface area (Å²) in [5.41, 5.74) is 0. The maximum Gasteiger partial charge on any atom is 0.308 e. The number of hydrogen-bond acceptors (Lipinski definition) is 4. The van der Waals surface area contributed by atoms with Crippen LogP contribution in [0.3, 0.4) is 0 Å². The lowest BCUT2D eigenvalue weighted by Crippen LogP contribution is -2.18. The van der Waals surface area contributed by atoms with Gasteiger partial charge in [-0.15, -0.1) is 0 Å². The Balaban J connectivity index is 3.57. The highest BCUT2D eigenvalue weighted by atomic mass is 16.5. The quantitative estimate of drug-likeness (QED) is 0.404. The monoisotopic (exact) mass is 286 g/mol. The summed E-state index contributed by atoms with van der Waals surface area (Å²) >= 11 is 0. The van der Waals surface area contributed by atoms with Crippen LogP contribution in [0.25, 0.3) is 0 Å². The Morgan fingerprint density at radius 1 is 0.900 bits per heavy atom. The van der Waals surface area contributed by atoms with Crippen molar-refractivity contribution in [2.24, 2.45) is 5.92 Å². The van der Waals surface area contributed by atoms with Crippen molar-refractivity contribution in [3.05, 3.63) is 0 Å². The molecule has 0 fully saturated rings. The molecule has 0 rings (SSSR count). The van der Waals surface area contributed by atoms with Crippen LogP contribution in [0.2, 0.25) is 0 Å². The second-order valence-corrected chi connectivity index (χ2v) is 5.09. The molecule has 0 amide bonds. The van der Waals surface area contributed by atoms with E-state index in [2.05, 4.69) is 6.92 Å². The zero-order valence-electron chi connectivity index (χ0n) is 13.3. The largest absolute Gasteiger partial charge is 0.466 e. The Hall–Kier alpha value is -1.06. The summed E-state index contributed by atoms with van der Waals surface area (Å²) in [7, 11) is 0. The Bertz CT molecular complexity index is 263. The summed E-state index contributed by atoms with van der Waals surface area (Å²) in [4.78, 5) is 22.9. The molecule has 20 heavy (non-hydrogen) atoms. The lowest BCUT2D eigenvalue weighted by atomic mass is 10.00. The van der Waals surface area contributed by atoms with Gasteiger partial charge in [0.15, 0.2) is 0 Å². The van der Waals surface area contributed by atoms with Gasteiger partial charge in [-0.05, 0) is 32.1 Å². The van der Waals surface area contributed by atoms with Gasteiger partial charge in [-0.1, -0.05) is 33.6 Å². The predicted octanol–water partition coefficient (Wildman–Crippen LogP) is 3.87. The van der Waals surface area contributed by atoms with E-state index in [4.69, 9.17) is 9.47 Å². The van der Waals surface area contributed by atoms with Gasteiger partial charge in [0, 0.05) is 6.42 Å². The van der Waals surface area contributed by atoms with Crippen LogP contribution in [0.4, 0.5) is 0 Å². The van der Waals surface area contributed by atoms with E-state index >= 15 is 0 Å². The number of ether oxygens (including phenoxy) is 2. The number of rotatable bonds is 12. The fraction of sp³-hybridized carbons (Fsp3) is 0.875. The van der Waals surface area contributed by atoms with Crippen molar-refractivity contribution in [3.63, 3.8) is 0 Å². The van der Waals surface area contributed by atoms with Crippen LogP contribution in [0, 0.1) is 5.92 Å². The minimum absolute atomic E-state index is 0.0392. The molecule has 0 bridgehead atoms. The summed E-state index contributed by atoms with van der Waals surface area (Å²) in [6.07, 6.45) is 6.71. The van der Waals surface area contributed by atoms with Crippen molar-refractivity contribution >= 4 is 11.9 Å². The van der Waals surface area contributed by atoms with E-state index in [1.165, 1.54) is 0 Å². The van der Waals surface area contributed by atoms with Crippen LogP contribution in [0.5, 0.6) is 0 Å². The van der Waals surface area contributed by atoms with Gasteiger partial charge >= 0.3 is 11.9 Å². The fourth-order valence-electron chi connectivity index (χ4n) is 1.90. The number of hydrogen-bond donors (Lipinski definition) is 0. The highest BCUT2D eigenvalue weighted by Crippen LogP contribution is 2.14. The molecule has 0 radical (unpaired) electrons. The number of unbranched alkanes of at least 4 members (excludes halogenated alkanes) is 2. The first-order valence-electron chi connectivity index (χ1n) is 7.97. The van der Waals surface area contributed by atoms with Crippen molar-refractivity contribution in [2.75, 3.05) is 13.2 Å². The molecular formula is C16H30O4. The third-order valence-corrected chi connectivity index (χ3v) is 3.23. The molecule has 0 N–H and O–H groups in total. The second-order valence-electron chi connectivity index (χ2n) is 5.09. The van der Waals surface area contributed by atoms with E-state index in [1.807, 2.05) is 13.8 Å². The molecule has 4 heteroatoms. The Labute approximate surface area is 123 Å². The van der Waals surface area contributed by atoms with Gasteiger partial charge < -0.3 is 9.47 Å². The molecule has 0 saturated carbocycles. The molecule has 1 unspecified atom stereocenters. The Morgan fingerprint density at radius 3 is 2.10 bits per heavy atom. The molecule has 118 valence electrons. The van der Waals surface area contributed by atoms with Crippen LogP contribution in [0.15, 0.2) is 0 Å². The predicted molar refractivity (Wildman–Crippen MR) is 79.4 cm³/mol. The molecule has 0 aromatic carbocycles. The van der Waals surface area contributed by atoms with Gasteiger partial charge in [-0.2, -0.15) is 0 Å². The lowest BCUT2D eigenvalue weighted by molar-refractivity contribution is -0.150. The minimum Gasteiger partial charge on any atom is -0.466 e. The van der Waals surface area contributed by atoms with Gasteiger partial charge in [0.1, 0.15) is 0 Å². The molecular weight excluding hydrogens is 256 g/mol. The zero-order valence-corrected chi connectivity index (χ0v) is 13.3. The van der Waals surface area contributed by atoms with E-state index in [1.54, 1.807) is 0 Å². The van der Waals surface area contributed by atoms with Gasteiger partial charge in [0.05, 0.1) is 19.1 Å². The van der Waals surface area contributed by atoms with Crippen molar-refractivity contribution in [3.8, 4) is 0 Å². The molecule has 1 atom stereocenters. The zero-order chi connectivity index (χ0) is 15.2. The second kappa shape index (κ2) is 12.9. The van der Waals surface area contributed by atoms with Crippen LogP contribution in [-0.2, 0) is 19.1 Å². The summed E-state index contributed by atoms with van der Waals surface area (Å²) in [6, 6.07) is 0. The first-order chi connectivity index (χ1) is 9.65. The smallest absolute Gasteiger partial charge is 0.308 e. The van der Waals surface area contributed by atoms with Crippen molar-refractivity contribution in [1.82, 2.24) is 0 Å². The molecule has 0 aliphatic heterocycles. The van der Waals surface area contributed by atoms with Gasteiger partial charge in [0.2, 0.25) is 0 Å². The maximum absolute atomic E-state index is 11.8. The van der Waals surface area contributed by atoms with Crippen LogP contribution in [0.1, 0.15) is 72.1 Å². The van der Waals surface area contributed by atoms with E-state index in [0.717, 1.165) is 44.9 Å². The third-order valence-electron chi connectivity index (χ3n) is 3.23. The number of carbonyl (C=O) groups excluding carboxylic acids is 2. The normalized spacial score (nSPS) is 11.9. The van der Waals surface area contributed by atoms with E-state index in [9.17, 15) is 9.59 Å². The fourth-order valence-corrected chi connectivity index (χ4v) is 1.90. The summed E-state index contributed by atoms with van der Waals surface area (Å²) < 4.78 is 10.3. The van der Waals surface area contributed by atoms with Crippen molar-refractivity contribution < 1.29 is 19.1 Å². The highest BCUT2D eigenvalue weighted by Gasteiger charge is 2.16. The molecule has 0 aromatic rings. The molecule has 0 spiro atoms. The first-order valence-corrected chi connectivity index (χ1v) is 7.97. The van der Waals surface area contributed by atoms with E-state index in [0.29, 0.717) is 19.6 Å². The third kappa shape index (κ3) is 9.82. The molecule has 0 heterocycles. The van der Waals surface area contributed by atoms with Crippen LogP contribution in [-0.4, -0.2) is 25.2 Å². The van der Waals surface area contributed by atoms with Crippen LogP contribution < -0.4 is 0 Å². The van der Waals surface area contributed by atoms with Crippen molar-refractivity contribution in [1.29, 1.82) is 0 Å². The lowest BCUT2D eigenvalue weighted by Gasteiger charge is -2.13. The first kappa shape index (κ1) is 18.9. The van der Waals surface area contributed by atoms with Crippen molar-refractivity contribution in [2.45, 2.75) is 72.1 Å². The number of carbonyl (C=O) groups is 2. The average molecular weight is 286 g/mol. The minimum atomic E-state index is -0.143. The highest BCUT2D eigenvalue weighted by molar-refractivity contribution is 5.72. The molecule has 0 aromatic heterocycles. The standard InChI is InChI=1S/C16H30O4/c1-4-7-11-14(6-3)16(18)20-13-9-8-12-19-15(17)10-5-2/h14H,4-13H2,1-3H3. The van der Waals surface area contributed by atoms with E-state index in [-0.39, 0.29) is 17.9 Å². The maximum atomic E-state index is 11.8. The van der Waals surface area contributed by atoms with Gasteiger partial charge in [-0.25, -0.2) is 0 Å². The van der Waals surface area contributed by atoms with E-state index < -0.39 is 0 Å². The molecule has 0 saturated heterocycles. The van der Waals surface area contributed by atoms with Gasteiger partial charge in [0.25, 0.3) is 0 Å². The average Bonchev–Trinajstić information content (AvgIpc) is 2.43. The molecule has 4 nitrogen and oxygen atoms in total. The molecule has 0 aliphatic rings. The summed E-state index contributed by atoms with van der Waals surface area (Å²) in [6.45, 7) is 6.94. The Kier molecular flexibility index (Phi) is 12.3. The topological polar surface area (TPSA) is 52.6 Å².